The van der Waals surface area contributed by atoms with Gasteiger partial charge < -0.3 is 9.64 Å². The molecule has 176 valence electrons. The Balaban J connectivity index is 2.51. The number of nitrogens with one attached hydrogen (secondary N) is 1. The Morgan fingerprint density at radius 3 is 2.34 bits per heavy atom. The number of amides is 2. The number of amidine groups is 1. The lowest BCUT2D eigenvalue weighted by Crippen LogP contribution is -2.38. The van der Waals surface area contributed by atoms with Crippen LogP contribution in [0.5, 0.6) is 0 Å². The van der Waals surface area contributed by atoms with Crippen molar-refractivity contribution in [3.8, 4) is 0 Å². The fourth-order valence-electron chi connectivity index (χ4n) is 3.19. The molecule has 1 N–H and O–H groups in total. The van der Waals surface area contributed by atoms with Crippen molar-refractivity contribution in [3.63, 3.8) is 0 Å². The lowest BCUT2D eigenvalue weighted by Gasteiger charge is -2.23. The van der Waals surface area contributed by atoms with Gasteiger partial charge in [0.1, 0.15) is 11.4 Å². The van der Waals surface area contributed by atoms with Gasteiger partial charge in [-0.1, -0.05) is 19.9 Å². The van der Waals surface area contributed by atoms with Crippen LogP contribution in [-0.2, 0) is 18.6 Å². The van der Waals surface area contributed by atoms with Gasteiger partial charge in [0.15, 0.2) is 0 Å². The maximum absolute atomic E-state index is 13.3. The Labute approximate surface area is 194 Å². The van der Waals surface area contributed by atoms with E-state index in [2.05, 4.69) is 10.3 Å². The van der Waals surface area contributed by atoms with E-state index >= 15 is 0 Å². The molecule has 1 aromatic rings. The minimum atomic E-state index is -3.98. The molecule has 0 radical (unpaired) electrons. The first-order valence-electron chi connectivity index (χ1n) is 10.5. The SMILES string of the molecule is CCCN(CCC)C(=O)C1=Cc2ccc(S(=O)(=O)Cl)cc2N=C(NC(=O)OC(C)(C)C)C1. The molecule has 0 atom stereocenters. The van der Waals surface area contributed by atoms with Crippen molar-refractivity contribution in [3.05, 3.63) is 29.3 Å². The third-order valence-corrected chi connectivity index (χ3v) is 5.77. The standard InChI is InChI=1S/C22H30ClN3O5S/c1-6-10-26(11-7-2)20(27)16-12-15-8-9-17(32(23,29)30)14-18(15)24-19(13-16)25-21(28)31-22(3,4)5/h8-9,12,14H,6-7,10-11,13H2,1-5H3,(H,24,25,28). The molecule has 0 aromatic heterocycles. The largest absolute Gasteiger partial charge is 0.444 e. The molecule has 0 bridgehead atoms. The molecule has 1 aliphatic rings. The average molecular weight is 484 g/mol. The Hall–Kier alpha value is -2.39. The molecule has 1 aromatic carbocycles. The van der Waals surface area contributed by atoms with Gasteiger partial charge in [0.05, 0.1) is 10.6 Å². The van der Waals surface area contributed by atoms with Crippen molar-refractivity contribution >= 4 is 49.3 Å². The Morgan fingerprint density at radius 1 is 1.19 bits per heavy atom. The number of benzene rings is 1. The second-order valence-corrected chi connectivity index (χ2v) is 11.0. The highest BCUT2D eigenvalue weighted by Gasteiger charge is 2.25. The molecule has 0 saturated carbocycles. The van der Waals surface area contributed by atoms with Crippen LogP contribution in [0.4, 0.5) is 10.5 Å². The van der Waals surface area contributed by atoms with Crippen LogP contribution in [0.2, 0.25) is 0 Å². The third kappa shape index (κ3) is 7.34. The van der Waals surface area contributed by atoms with Gasteiger partial charge in [-0.05, 0) is 51.8 Å². The summed E-state index contributed by atoms with van der Waals surface area (Å²) in [6, 6.07) is 4.22. The monoisotopic (exact) mass is 483 g/mol. The van der Waals surface area contributed by atoms with Gasteiger partial charge in [-0.15, -0.1) is 0 Å². The maximum Gasteiger partial charge on any atom is 0.413 e. The molecule has 0 spiro atoms. The van der Waals surface area contributed by atoms with E-state index in [1.54, 1.807) is 37.8 Å². The van der Waals surface area contributed by atoms with E-state index in [9.17, 15) is 18.0 Å². The van der Waals surface area contributed by atoms with Crippen LogP contribution in [0.3, 0.4) is 0 Å². The van der Waals surface area contributed by atoms with Gasteiger partial charge >= 0.3 is 6.09 Å². The van der Waals surface area contributed by atoms with Gasteiger partial charge in [-0.25, -0.2) is 18.2 Å². The van der Waals surface area contributed by atoms with Crippen molar-refractivity contribution in [2.45, 2.75) is 64.4 Å². The average Bonchev–Trinajstić information content (AvgIpc) is 2.83. The third-order valence-electron chi connectivity index (χ3n) is 4.42. The number of fused-ring (bicyclic) bond motifs is 1. The smallest absolute Gasteiger partial charge is 0.413 e. The van der Waals surface area contributed by atoms with Crippen LogP contribution >= 0.6 is 10.7 Å². The van der Waals surface area contributed by atoms with Crippen molar-refractivity contribution in [2.24, 2.45) is 4.99 Å². The molecule has 10 heteroatoms. The van der Waals surface area contributed by atoms with Gasteiger partial charge in [0, 0.05) is 41.3 Å². The van der Waals surface area contributed by atoms with E-state index in [0.29, 0.717) is 24.2 Å². The summed E-state index contributed by atoms with van der Waals surface area (Å²) in [5.41, 5.74) is 0.534. The highest BCUT2D eigenvalue weighted by molar-refractivity contribution is 8.13. The fourth-order valence-corrected chi connectivity index (χ4v) is 3.96. The summed E-state index contributed by atoms with van der Waals surface area (Å²) < 4.78 is 28.9. The molecule has 8 nitrogen and oxygen atoms in total. The summed E-state index contributed by atoms with van der Waals surface area (Å²) in [5.74, 6) is 0.0175. The second kappa shape index (κ2) is 10.5. The summed E-state index contributed by atoms with van der Waals surface area (Å²) in [6.07, 6.45) is 2.63. The van der Waals surface area contributed by atoms with Crippen molar-refractivity contribution in [1.82, 2.24) is 10.2 Å². The first-order chi connectivity index (χ1) is 14.8. The lowest BCUT2D eigenvalue weighted by molar-refractivity contribution is -0.127. The number of nitrogens with zero attached hydrogens (tertiary/aromatic N) is 2. The number of hydrogen-bond donors (Lipinski definition) is 1. The first kappa shape index (κ1) is 25.9. The highest BCUT2D eigenvalue weighted by Crippen LogP contribution is 2.31. The van der Waals surface area contributed by atoms with Crippen LogP contribution in [0.1, 0.15) is 59.4 Å². The summed E-state index contributed by atoms with van der Waals surface area (Å²) in [4.78, 5) is 31.7. The second-order valence-electron chi connectivity index (χ2n) is 8.48. The van der Waals surface area contributed by atoms with Crippen LogP contribution < -0.4 is 5.32 Å². The van der Waals surface area contributed by atoms with Gasteiger partial charge in [0.25, 0.3) is 9.05 Å². The van der Waals surface area contributed by atoms with E-state index in [4.69, 9.17) is 15.4 Å². The highest BCUT2D eigenvalue weighted by atomic mass is 35.7. The molecule has 1 aliphatic heterocycles. The zero-order chi connectivity index (χ0) is 24.1. The summed E-state index contributed by atoms with van der Waals surface area (Å²) in [5, 5.41) is 2.60. The van der Waals surface area contributed by atoms with Gasteiger partial charge in [0.2, 0.25) is 5.91 Å². The Kier molecular flexibility index (Phi) is 8.47. The first-order valence-corrected chi connectivity index (χ1v) is 12.8. The minimum absolute atomic E-state index is 0.0552. The number of hydrogen-bond acceptors (Lipinski definition) is 6. The predicted octanol–water partition coefficient (Wildman–Crippen LogP) is 4.60. The van der Waals surface area contributed by atoms with Crippen LogP contribution in [-0.4, -0.2) is 49.8 Å². The number of carbonyl (C=O) groups is 2. The summed E-state index contributed by atoms with van der Waals surface area (Å²) in [7, 11) is 1.51. The lowest BCUT2D eigenvalue weighted by atomic mass is 10.1. The van der Waals surface area contributed by atoms with Crippen molar-refractivity contribution < 1.29 is 22.7 Å². The summed E-state index contributed by atoms with van der Waals surface area (Å²) >= 11 is 0. The maximum atomic E-state index is 13.3. The van der Waals surface area contributed by atoms with E-state index in [1.165, 1.54) is 12.1 Å². The molecular weight excluding hydrogens is 454 g/mol. The molecule has 2 rings (SSSR count). The molecular formula is C22H30ClN3O5S. The number of halogens is 1. The number of ether oxygens (including phenoxy) is 1. The van der Waals surface area contributed by atoms with E-state index < -0.39 is 20.7 Å². The van der Waals surface area contributed by atoms with Gasteiger partial charge in [-0.2, -0.15) is 0 Å². The number of rotatable bonds is 6. The predicted molar refractivity (Wildman–Crippen MR) is 126 cm³/mol. The molecule has 1 heterocycles. The molecule has 0 unspecified atom stereocenters. The van der Waals surface area contributed by atoms with E-state index in [0.717, 1.165) is 12.8 Å². The minimum Gasteiger partial charge on any atom is -0.444 e. The molecule has 0 fully saturated rings. The number of alkyl carbamates (subject to hydrolysis) is 1. The Morgan fingerprint density at radius 2 is 1.81 bits per heavy atom. The number of carbonyl (C=O) groups excluding carboxylic acids is 2. The molecule has 32 heavy (non-hydrogen) atoms. The molecule has 0 aliphatic carbocycles. The molecule has 0 saturated heterocycles. The van der Waals surface area contributed by atoms with E-state index in [1.807, 2.05) is 13.8 Å². The normalized spacial score (nSPS) is 13.9. The van der Waals surface area contributed by atoms with Gasteiger partial charge in [-0.3, -0.25) is 10.1 Å². The van der Waals surface area contributed by atoms with Crippen LogP contribution in [0.25, 0.3) is 6.08 Å². The zero-order valence-electron chi connectivity index (χ0n) is 19.1. The quantitative estimate of drug-likeness (QED) is 0.595. The van der Waals surface area contributed by atoms with Crippen LogP contribution in [0, 0.1) is 0 Å². The Bertz CT molecular complexity index is 1040. The topological polar surface area (TPSA) is 105 Å². The van der Waals surface area contributed by atoms with Crippen molar-refractivity contribution in [2.75, 3.05) is 13.1 Å². The van der Waals surface area contributed by atoms with E-state index in [-0.39, 0.29) is 28.7 Å². The molecule has 2 amide bonds. The number of aliphatic imine (C=N–C) groups is 1. The van der Waals surface area contributed by atoms with Crippen molar-refractivity contribution in [1.29, 1.82) is 0 Å². The fraction of sp³-hybridized carbons (Fsp3) is 0.500. The zero-order valence-corrected chi connectivity index (χ0v) is 20.6. The summed E-state index contributed by atoms with van der Waals surface area (Å²) in [6.45, 7) is 10.4. The van der Waals surface area contributed by atoms with Crippen LogP contribution in [0.15, 0.2) is 33.7 Å².